The molecule has 5 nitrogen and oxygen atoms in total. The Bertz CT molecular complexity index is 548. The van der Waals surface area contributed by atoms with Crippen molar-refractivity contribution in [1.29, 1.82) is 0 Å². The fraction of sp³-hybridized carbons (Fsp3) is 0.714. The molecular weight excluding hydrogens is 308 g/mol. The van der Waals surface area contributed by atoms with Crippen LogP contribution in [0.4, 0.5) is 0 Å². The van der Waals surface area contributed by atoms with Crippen LogP contribution in [0.1, 0.15) is 38.0 Å². The molecule has 0 saturated carbocycles. The van der Waals surface area contributed by atoms with E-state index in [0.29, 0.717) is 17.4 Å². The number of sulfonamides is 1. The third kappa shape index (κ3) is 4.75. The van der Waals surface area contributed by atoms with Crippen LogP contribution in [0.3, 0.4) is 0 Å². The summed E-state index contributed by atoms with van der Waals surface area (Å²) in [7, 11) is -3.43. The molecular formula is C14H24N2O3S2. The maximum absolute atomic E-state index is 12.3. The molecule has 1 aliphatic heterocycles. The molecule has 0 amide bonds. The van der Waals surface area contributed by atoms with Gasteiger partial charge < -0.3 is 10.1 Å². The van der Waals surface area contributed by atoms with Gasteiger partial charge in [0, 0.05) is 24.6 Å². The van der Waals surface area contributed by atoms with Gasteiger partial charge in [-0.3, -0.25) is 0 Å². The molecule has 0 bridgehead atoms. The predicted molar refractivity (Wildman–Crippen MR) is 85.1 cm³/mol. The minimum atomic E-state index is -3.43. The van der Waals surface area contributed by atoms with Gasteiger partial charge in [0.15, 0.2) is 0 Å². The number of rotatable bonds is 8. The molecule has 2 N–H and O–H groups in total. The van der Waals surface area contributed by atoms with Gasteiger partial charge in [-0.1, -0.05) is 6.92 Å². The lowest BCUT2D eigenvalue weighted by Gasteiger charge is -2.22. The summed E-state index contributed by atoms with van der Waals surface area (Å²) in [5.41, 5.74) is -0.365. The van der Waals surface area contributed by atoms with E-state index < -0.39 is 10.0 Å². The second kappa shape index (κ2) is 7.19. The highest BCUT2D eigenvalue weighted by atomic mass is 32.2. The molecule has 21 heavy (non-hydrogen) atoms. The number of hydrogen-bond donors (Lipinski definition) is 2. The Labute approximate surface area is 131 Å². The first kappa shape index (κ1) is 16.9. The number of nitrogens with one attached hydrogen (secondary N) is 2. The van der Waals surface area contributed by atoms with Crippen LogP contribution in [0, 0.1) is 0 Å². The lowest BCUT2D eigenvalue weighted by Crippen LogP contribution is -2.39. The van der Waals surface area contributed by atoms with E-state index in [1.54, 1.807) is 6.07 Å². The Morgan fingerprint density at radius 2 is 2.24 bits per heavy atom. The molecule has 1 atom stereocenters. The van der Waals surface area contributed by atoms with Crippen LogP contribution < -0.4 is 10.0 Å². The summed E-state index contributed by atoms with van der Waals surface area (Å²) in [5, 5.41) is 3.27. The summed E-state index contributed by atoms with van der Waals surface area (Å²) in [6.45, 7) is 6.76. The monoisotopic (exact) mass is 332 g/mol. The minimum absolute atomic E-state index is 0.330. The molecule has 0 radical (unpaired) electrons. The molecule has 1 aliphatic rings. The van der Waals surface area contributed by atoms with E-state index in [-0.39, 0.29) is 5.60 Å². The second-order valence-electron chi connectivity index (χ2n) is 5.62. The second-order valence-corrected chi connectivity index (χ2v) is 8.79. The Hall–Kier alpha value is -0.470. The van der Waals surface area contributed by atoms with Crippen molar-refractivity contribution >= 4 is 21.4 Å². The first-order valence-corrected chi connectivity index (χ1v) is 9.68. The third-order valence-electron chi connectivity index (χ3n) is 3.56. The average molecular weight is 332 g/mol. The maximum Gasteiger partial charge on any atom is 0.250 e. The topological polar surface area (TPSA) is 67.4 Å². The number of ether oxygens (including phenoxy) is 1. The molecule has 1 unspecified atom stereocenters. The van der Waals surface area contributed by atoms with Crippen LogP contribution in [-0.2, 0) is 21.3 Å². The summed E-state index contributed by atoms with van der Waals surface area (Å²) in [6, 6.07) is 3.55. The Balaban J connectivity index is 1.92. The summed E-state index contributed by atoms with van der Waals surface area (Å²) >= 11 is 1.32. The van der Waals surface area contributed by atoms with Gasteiger partial charge >= 0.3 is 0 Å². The lowest BCUT2D eigenvalue weighted by atomic mass is 10.0. The molecule has 1 aromatic rings. The third-order valence-corrected chi connectivity index (χ3v) is 6.54. The van der Waals surface area contributed by atoms with Crippen LogP contribution in [0.2, 0.25) is 0 Å². The Kier molecular flexibility index (Phi) is 5.79. The van der Waals surface area contributed by atoms with Crippen molar-refractivity contribution in [3.05, 3.63) is 17.0 Å². The first-order valence-electron chi connectivity index (χ1n) is 7.38. The SMILES string of the molecule is CCCNCc1ccc(S(=O)(=O)NCC2(C)CCCO2)s1. The number of thiophene rings is 1. The summed E-state index contributed by atoms with van der Waals surface area (Å²) in [6.07, 6.45) is 2.95. The standard InChI is InChI=1S/C14H24N2O3S2/c1-3-8-15-10-12-5-6-13(20-12)21(17,18)16-11-14(2)7-4-9-19-14/h5-6,15-16H,3-4,7-11H2,1-2H3. The van der Waals surface area contributed by atoms with Crippen LogP contribution in [0.15, 0.2) is 16.3 Å². The minimum Gasteiger partial charge on any atom is -0.374 e. The zero-order chi connectivity index (χ0) is 15.3. The van der Waals surface area contributed by atoms with Gasteiger partial charge in [-0.2, -0.15) is 0 Å². The predicted octanol–water partition coefficient (Wildman–Crippen LogP) is 2.10. The van der Waals surface area contributed by atoms with Crippen molar-refractivity contribution in [3.63, 3.8) is 0 Å². The van der Waals surface area contributed by atoms with Gasteiger partial charge in [-0.25, -0.2) is 13.1 Å². The highest BCUT2D eigenvalue weighted by Gasteiger charge is 2.31. The van der Waals surface area contributed by atoms with Crippen molar-refractivity contribution in [3.8, 4) is 0 Å². The van der Waals surface area contributed by atoms with E-state index in [2.05, 4.69) is 17.0 Å². The smallest absolute Gasteiger partial charge is 0.250 e. The molecule has 0 spiro atoms. The molecule has 0 aromatic carbocycles. The van der Waals surface area contributed by atoms with Crippen LogP contribution in [-0.4, -0.2) is 33.7 Å². The van der Waals surface area contributed by atoms with Gasteiger partial charge in [0.1, 0.15) is 4.21 Å². The van der Waals surface area contributed by atoms with Crippen LogP contribution >= 0.6 is 11.3 Å². The van der Waals surface area contributed by atoms with Crippen LogP contribution in [0.5, 0.6) is 0 Å². The average Bonchev–Trinajstić information content (AvgIpc) is 3.07. The fourth-order valence-electron chi connectivity index (χ4n) is 2.28. The van der Waals surface area contributed by atoms with Crippen LogP contribution in [0.25, 0.3) is 0 Å². The quantitative estimate of drug-likeness (QED) is 0.716. The zero-order valence-electron chi connectivity index (χ0n) is 12.6. The van der Waals surface area contributed by atoms with E-state index in [1.165, 1.54) is 11.3 Å². The van der Waals surface area contributed by atoms with E-state index in [1.807, 2.05) is 13.0 Å². The Morgan fingerprint density at radius 3 is 2.90 bits per heavy atom. The summed E-state index contributed by atoms with van der Waals surface area (Å²) < 4.78 is 33.3. The molecule has 1 saturated heterocycles. The lowest BCUT2D eigenvalue weighted by molar-refractivity contribution is 0.0250. The van der Waals surface area contributed by atoms with Crippen molar-refractivity contribution in [2.75, 3.05) is 19.7 Å². The van der Waals surface area contributed by atoms with Gasteiger partial charge in [-0.15, -0.1) is 11.3 Å². The van der Waals surface area contributed by atoms with Crippen molar-refractivity contribution < 1.29 is 13.2 Å². The normalized spacial score (nSPS) is 22.8. The summed E-state index contributed by atoms with van der Waals surface area (Å²) in [4.78, 5) is 1.03. The molecule has 2 heterocycles. The van der Waals surface area contributed by atoms with E-state index in [9.17, 15) is 8.42 Å². The van der Waals surface area contributed by atoms with Gasteiger partial charge in [0.05, 0.1) is 5.60 Å². The molecule has 2 rings (SSSR count). The Morgan fingerprint density at radius 1 is 1.43 bits per heavy atom. The molecule has 120 valence electrons. The van der Waals surface area contributed by atoms with E-state index in [0.717, 1.165) is 37.2 Å². The first-order chi connectivity index (χ1) is 9.95. The molecule has 7 heteroatoms. The van der Waals surface area contributed by atoms with E-state index in [4.69, 9.17) is 4.74 Å². The van der Waals surface area contributed by atoms with Gasteiger partial charge in [-0.05, 0) is 44.9 Å². The summed E-state index contributed by atoms with van der Waals surface area (Å²) in [5.74, 6) is 0. The van der Waals surface area contributed by atoms with Crippen molar-refractivity contribution in [1.82, 2.24) is 10.0 Å². The highest BCUT2D eigenvalue weighted by Crippen LogP contribution is 2.26. The molecule has 1 aromatic heterocycles. The molecule has 0 aliphatic carbocycles. The zero-order valence-corrected chi connectivity index (χ0v) is 14.3. The van der Waals surface area contributed by atoms with Gasteiger partial charge in [0.25, 0.3) is 0 Å². The maximum atomic E-state index is 12.3. The van der Waals surface area contributed by atoms with Crippen molar-refractivity contribution in [2.45, 2.75) is 49.5 Å². The number of hydrogen-bond acceptors (Lipinski definition) is 5. The largest absolute Gasteiger partial charge is 0.374 e. The van der Waals surface area contributed by atoms with Gasteiger partial charge in [0.2, 0.25) is 10.0 Å². The van der Waals surface area contributed by atoms with Crippen molar-refractivity contribution in [2.24, 2.45) is 0 Å². The fourth-order valence-corrected chi connectivity index (χ4v) is 4.81. The van der Waals surface area contributed by atoms with E-state index >= 15 is 0 Å². The highest BCUT2D eigenvalue weighted by molar-refractivity contribution is 7.91. The molecule has 1 fully saturated rings.